The van der Waals surface area contributed by atoms with Gasteiger partial charge in [0.1, 0.15) is 17.1 Å². The second kappa shape index (κ2) is 5.33. The third-order valence-corrected chi connectivity index (χ3v) is 3.40. The van der Waals surface area contributed by atoms with Gasteiger partial charge in [-0.2, -0.15) is 0 Å². The molecular formula is C16H17N3O. The molecule has 2 aromatic heterocycles. The van der Waals surface area contributed by atoms with Gasteiger partial charge in [0.05, 0.1) is 7.11 Å². The second-order valence-corrected chi connectivity index (χ2v) is 4.65. The Morgan fingerprint density at radius 1 is 1.20 bits per heavy atom. The summed E-state index contributed by atoms with van der Waals surface area (Å²) in [7, 11) is 1.68. The SMILES string of the molecule is CCn1c(Cc2cccc(OC)c2)nc2cccnc21. The topological polar surface area (TPSA) is 39.9 Å². The molecule has 0 saturated carbocycles. The number of nitrogens with zero attached hydrogens (tertiary/aromatic N) is 3. The summed E-state index contributed by atoms with van der Waals surface area (Å²) in [4.78, 5) is 9.12. The van der Waals surface area contributed by atoms with Gasteiger partial charge < -0.3 is 9.30 Å². The standard InChI is InChI=1S/C16H17N3O/c1-3-19-15(18-14-8-5-9-17-16(14)19)11-12-6-4-7-13(10-12)20-2/h4-10H,3,11H2,1-2H3. The molecule has 0 spiro atoms. The first-order chi connectivity index (χ1) is 9.81. The average Bonchev–Trinajstić information content (AvgIpc) is 2.84. The maximum Gasteiger partial charge on any atom is 0.159 e. The Kier molecular flexibility index (Phi) is 3.37. The fraction of sp³-hybridized carbons (Fsp3) is 0.250. The Labute approximate surface area is 118 Å². The quantitative estimate of drug-likeness (QED) is 0.729. The van der Waals surface area contributed by atoms with Gasteiger partial charge in [-0.05, 0) is 36.8 Å². The van der Waals surface area contributed by atoms with Gasteiger partial charge in [-0.3, -0.25) is 0 Å². The summed E-state index contributed by atoms with van der Waals surface area (Å²) in [6, 6.07) is 12.0. The Morgan fingerprint density at radius 3 is 2.90 bits per heavy atom. The number of hydrogen-bond acceptors (Lipinski definition) is 3. The highest BCUT2D eigenvalue weighted by atomic mass is 16.5. The molecule has 0 fully saturated rings. The summed E-state index contributed by atoms with van der Waals surface area (Å²) in [6.07, 6.45) is 2.59. The highest BCUT2D eigenvalue weighted by Crippen LogP contribution is 2.19. The van der Waals surface area contributed by atoms with E-state index in [1.54, 1.807) is 7.11 Å². The van der Waals surface area contributed by atoms with E-state index in [1.807, 2.05) is 36.5 Å². The van der Waals surface area contributed by atoms with E-state index in [0.717, 1.165) is 35.7 Å². The Balaban J connectivity index is 2.01. The molecule has 102 valence electrons. The number of aromatic nitrogens is 3. The van der Waals surface area contributed by atoms with Crippen molar-refractivity contribution in [1.82, 2.24) is 14.5 Å². The number of rotatable bonds is 4. The summed E-state index contributed by atoms with van der Waals surface area (Å²) in [5, 5.41) is 0. The van der Waals surface area contributed by atoms with Crippen molar-refractivity contribution in [2.75, 3.05) is 7.11 Å². The van der Waals surface area contributed by atoms with E-state index in [1.165, 1.54) is 5.56 Å². The number of fused-ring (bicyclic) bond motifs is 1. The van der Waals surface area contributed by atoms with Gasteiger partial charge >= 0.3 is 0 Å². The van der Waals surface area contributed by atoms with Crippen LogP contribution in [-0.2, 0) is 13.0 Å². The van der Waals surface area contributed by atoms with Gasteiger partial charge in [0.25, 0.3) is 0 Å². The van der Waals surface area contributed by atoms with E-state index in [0.29, 0.717) is 0 Å². The smallest absolute Gasteiger partial charge is 0.159 e. The molecule has 0 aliphatic carbocycles. The Morgan fingerprint density at radius 2 is 2.10 bits per heavy atom. The molecule has 0 radical (unpaired) electrons. The predicted molar refractivity (Wildman–Crippen MR) is 79.0 cm³/mol. The van der Waals surface area contributed by atoms with Gasteiger partial charge in [-0.25, -0.2) is 9.97 Å². The number of imidazole rings is 1. The van der Waals surface area contributed by atoms with Crippen molar-refractivity contribution in [3.05, 3.63) is 54.0 Å². The third-order valence-electron chi connectivity index (χ3n) is 3.40. The molecule has 0 unspecified atom stereocenters. The van der Waals surface area contributed by atoms with Gasteiger partial charge in [-0.1, -0.05) is 12.1 Å². The van der Waals surface area contributed by atoms with Crippen LogP contribution in [0.4, 0.5) is 0 Å². The van der Waals surface area contributed by atoms with E-state index < -0.39 is 0 Å². The zero-order valence-electron chi connectivity index (χ0n) is 11.7. The van der Waals surface area contributed by atoms with Crippen LogP contribution in [0.1, 0.15) is 18.3 Å². The third kappa shape index (κ3) is 2.25. The van der Waals surface area contributed by atoms with Crippen LogP contribution in [0, 0.1) is 0 Å². The molecule has 0 N–H and O–H groups in total. The second-order valence-electron chi connectivity index (χ2n) is 4.65. The predicted octanol–water partition coefficient (Wildman–Crippen LogP) is 3.05. The molecule has 20 heavy (non-hydrogen) atoms. The van der Waals surface area contributed by atoms with Gasteiger partial charge in [0, 0.05) is 19.2 Å². The van der Waals surface area contributed by atoms with Gasteiger partial charge in [-0.15, -0.1) is 0 Å². The lowest BCUT2D eigenvalue weighted by Gasteiger charge is -2.06. The molecule has 0 saturated heterocycles. The fourth-order valence-electron chi connectivity index (χ4n) is 2.44. The minimum Gasteiger partial charge on any atom is -0.497 e. The van der Waals surface area contributed by atoms with Crippen LogP contribution >= 0.6 is 0 Å². The maximum absolute atomic E-state index is 5.27. The lowest BCUT2D eigenvalue weighted by atomic mass is 10.1. The summed E-state index contributed by atoms with van der Waals surface area (Å²) in [5.74, 6) is 1.91. The lowest BCUT2D eigenvalue weighted by Crippen LogP contribution is -2.03. The molecule has 0 amide bonds. The summed E-state index contributed by atoms with van der Waals surface area (Å²) < 4.78 is 7.43. The number of ether oxygens (including phenoxy) is 1. The van der Waals surface area contributed by atoms with Crippen LogP contribution in [0.25, 0.3) is 11.2 Å². The van der Waals surface area contributed by atoms with Crippen LogP contribution in [0.3, 0.4) is 0 Å². The first-order valence-electron chi connectivity index (χ1n) is 6.75. The number of hydrogen-bond donors (Lipinski definition) is 0. The van der Waals surface area contributed by atoms with Crippen LogP contribution in [0.5, 0.6) is 5.75 Å². The highest BCUT2D eigenvalue weighted by Gasteiger charge is 2.10. The van der Waals surface area contributed by atoms with Crippen molar-refractivity contribution in [1.29, 1.82) is 0 Å². The number of methoxy groups -OCH3 is 1. The van der Waals surface area contributed by atoms with Crippen molar-refractivity contribution in [2.45, 2.75) is 19.9 Å². The average molecular weight is 267 g/mol. The lowest BCUT2D eigenvalue weighted by molar-refractivity contribution is 0.414. The molecule has 1 aromatic carbocycles. The van der Waals surface area contributed by atoms with Crippen LogP contribution < -0.4 is 4.74 Å². The van der Waals surface area contributed by atoms with Crippen LogP contribution in [0.15, 0.2) is 42.6 Å². The maximum atomic E-state index is 5.27. The molecule has 4 nitrogen and oxygen atoms in total. The van der Waals surface area contributed by atoms with E-state index >= 15 is 0 Å². The minimum atomic E-state index is 0.779. The first-order valence-corrected chi connectivity index (χ1v) is 6.75. The summed E-state index contributed by atoms with van der Waals surface area (Å²) >= 11 is 0. The monoisotopic (exact) mass is 267 g/mol. The highest BCUT2D eigenvalue weighted by molar-refractivity contribution is 5.71. The van der Waals surface area contributed by atoms with Crippen LogP contribution in [0.2, 0.25) is 0 Å². The summed E-state index contributed by atoms with van der Waals surface area (Å²) in [6.45, 7) is 2.98. The minimum absolute atomic E-state index is 0.779. The van der Waals surface area contributed by atoms with Crippen molar-refractivity contribution >= 4 is 11.2 Å². The largest absolute Gasteiger partial charge is 0.497 e. The van der Waals surface area contributed by atoms with Crippen LogP contribution in [-0.4, -0.2) is 21.6 Å². The Bertz CT molecular complexity index is 733. The van der Waals surface area contributed by atoms with E-state index in [9.17, 15) is 0 Å². The van der Waals surface area contributed by atoms with Crippen molar-refractivity contribution in [3.8, 4) is 5.75 Å². The molecule has 4 heteroatoms. The van der Waals surface area contributed by atoms with Crippen molar-refractivity contribution < 1.29 is 4.74 Å². The number of pyridine rings is 1. The molecule has 3 rings (SSSR count). The zero-order valence-corrected chi connectivity index (χ0v) is 11.7. The first kappa shape index (κ1) is 12.7. The number of aryl methyl sites for hydroxylation is 1. The molecule has 0 aliphatic heterocycles. The number of benzene rings is 1. The molecule has 2 heterocycles. The van der Waals surface area contributed by atoms with Gasteiger partial charge in [0.2, 0.25) is 0 Å². The zero-order chi connectivity index (χ0) is 13.9. The van der Waals surface area contributed by atoms with E-state index in [2.05, 4.69) is 22.5 Å². The van der Waals surface area contributed by atoms with Gasteiger partial charge in [0.15, 0.2) is 5.65 Å². The summed E-state index contributed by atoms with van der Waals surface area (Å²) in [5.41, 5.74) is 3.09. The van der Waals surface area contributed by atoms with Crippen molar-refractivity contribution in [3.63, 3.8) is 0 Å². The molecule has 0 aliphatic rings. The fourth-order valence-corrected chi connectivity index (χ4v) is 2.44. The molecule has 0 bridgehead atoms. The van der Waals surface area contributed by atoms with E-state index in [4.69, 9.17) is 9.72 Å². The molecule has 0 atom stereocenters. The van der Waals surface area contributed by atoms with Crippen molar-refractivity contribution in [2.24, 2.45) is 0 Å². The molecular weight excluding hydrogens is 250 g/mol. The molecule has 3 aromatic rings. The normalized spacial score (nSPS) is 10.9. The van der Waals surface area contributed by atoms with E-state index in [-0.39, 0.29) is 0 Å². The Hall–Kier alpha value is -2.36.